The molecule has 2 aromatic carbocycles. The van der Waals surface area contributed by atoms with Crippen molar-refractivity contribution in [2.24, 2.45) is 0 Å². The maximum Gasteiger partial charge on any atom is 0.252 e. The minimum absolute atomic E-state index is 0.0248. The van der Waals surface area contributed by atoms with E-state index in [4.69, 9.17) is 0 Å². The Morgan fingerprint density at radius 1 is 1.10 bits per heavy atom. The minimum atomic E-state index is -0.409. The number of amides is 2. The van der Waals surface area contributed by atoms with Gasteiger partial charge in [0.25, 0.3) is 5.91 Å². The molecule has 1 aromatic heterocycles. The van der Waals surface area contributed by atoms with E-state index in [1.165, 1.54) is 12.1 Å². The van der Waals surface area contributed by atoms with Crippen LogP contribution in [-0.2, 0) is 11.3 Å². The number of anilines is 1. The molecule has 6 nitrogen and oxygen atoms in total. The molecule has 3 aromatic rings. The van der Waals surface area contributed by atoms with Gasteiger partial charge in [0.2, 0.25) is 5.91 Å². The second-order valence-corrected chi connectivity index (χ2v) is 8.19. The first-order chi connectivity index (χ1) is 15.1. The topological polar surface area (TPSA) is 74.3 Å². The van der Waals surface area contributed by atoms with Crippen LogP contribution in [0.1, 0.15) is 35.2 Å². The first-order valence-corrected chi connectivity index (χ1v) is 10.6. The van der Waals surface area contributed by atoms with Crippen molar-refractivity contribution < 1.29 is 14.0 Å². The second kappa shape index (κ2) is 7.98. The Hall–Kier alpha value is -3.48. The van der Waals surface area contributed by atoms with Gasteiger partial charge in [-0.25, -0.2) is 9.37 Å². The van der Waals surface area contributed by atoms with Gasteiger partial charge >= 0.3 is 0 Å². The van der Waals surface area contributed by atoms with Crippen molar-refractivity contribution in [2.75, 3.05) is 11.9 Å². The van der Waals surface area contributed by atoms with Crippen LogP contribution in [0.5, 0.6) is 0 Å². The van der Waals surface area contributed by atoms with Gasteiger partial charge in [-0.3, -0.25) is 9.59 Å². The lowest BCUT2D eigenvalue weighted by molar-refractivity contribution is -0.128. The predicted octanol–water partition coefficient (Wildman–Crippen LogP) is 3.48. The van der Waals surface area contributed by atoms with E-state index in [0.717, 1.165) is 23.8 Å². The van der Waals surface area contributed by atoms with Gasteiger partial charge in [-0.15, -0.1) is 0 Å². The van der Waals surface area contributed by atoms with Crippen LogP contribution >= 0.6 is 0 Å². The molecule has 7 heteroatoms. The fourth-order valence-electron chi connectivity index (χ4n) is 3.95. The number of likely N-dealkylation sites (tertiary alicyclic amines) is 1. The molecule has 2 fully saturated rings. The van der Waals surface area contributed by atoms with Gasteiger partial charge in [0, 0.05) is 24.5 Å². The number of benzene rings is 2. The third kappa shape index (κ3) is 4.21. The number of halogens is 1. The molecule has 1 atom stereocenters. The molecule has 2 N–H and O–H groups in total. The Morgan fingerprint density at radius 2 is 1.87 bits per heavy atom. The lowest BCUT2D eigenvalue weighted by atomic mass is 10.1. The summed E-state index contributed by atoms with van der Waals surface area (Å²) in [7, 11) is 0. The predicted molar refractivity (Wildman–Crippen MR) is 116 cm³/mol. The Balaban J connectivity index is 1.34. The van der Waals surface area contributed by atoms with Gasteiger partial charge in [-0.05, 0) is 49.1 Å². The Labute approximate surface area is 179 Å². The first-order valence-electron chi connectivity index (χ1n) is 10.6. The fourth-order valence-corrected chi connectivity index (χ4v) is 3.95. The lowest BCUT2D eigenvalue weighted by Gasteiger charge is -2.18. The Kier molecular flexibility index (Phi) is 5.02. The van der Waals surface area contributed by atoms with Crippen LogP contribution in [0.4, 0.5) is 10.2 Å². The average Bonchev–Trinajstić information content (AvgIpc) is 3.53. The van der Waals surface area contributed by atoms with Crippen molar-refractivity contribution in [1.82, 2.24) is 15.2 Å². The minimum Gasteiger partial charge on any atom is -0.358 e. The molecule has 2 amide bonds. The zero-order valence-corrected chi connectivity index (χ0v) is 17.0. The largest absolute Gasteiger partial charge is 0.358 e. The second-order valence-electron chi connectivity index (χ2n) is 8.19. The van der Waals surface area contributed by atoms with Crippen LogP contribution in [0.2, 0.25) is 0 Å². The quantitative estimate of drug-likeness (QED) is 0.643. The van der Waals surface area contributed by atoms with Crippen LogP contribution in [0, 0.1) is 5.82 Å². The van der Waals surface area contributed by atoms with Gasteiger partial charge in [0.1, 0.15) is 17.7 Å². The number of carbonyl (C=O) groups excluding carboxylic acids is 2. The van der Waals surface area contributed by atoms with E-state index in [1.807, 2.05) is 24.3 Å². The van der Waals surface area contributed by atoms with Crippen molar-refractivity contribution in [3.05, 3.63) is 71.5 Å². The van der Waals surface area contributed by atoms with Gasteiger partial charge in [0.15, 0.2) is 0 Å². The number of hydrogen-bond acceptors (Lipinski definition) is 4. The lowest BCUT2D eigenvalue weighted by Crippen LogP contribution is -2.33. The summed E-state index contributed by atoms with van der Waals surface area (Å²) in [5.41, 5.74) is 2.16. The van der Waals surface area contributed by atoms with Crippen molar-refractivity contribution in [3.63, 3.8) is 0 Å². The SMILES string of the molecule is O=C(NC1CC1)c1cc(NC2CCN(Cc3ccc(F)cc3)C2=O)nc2ccccc12. The van der Waals surface area contributed by atoms with Crippen LogP contribution in [-0.4, -0.2) is 40.3 Å². The van der Waals surface area contributed by atoms with Crippen LogP contribution in [0.25, 0.3) is 10.9 Å². The summed E-state index contributed by atoms with van der Waals surface area (Å²) in [5, 5.41) is 7.06. The molecule has 1 aliphatic heterocycles. The van der Waals surface area contributed by atoms with Crippen LogP contribution < -0.4 is 10.6 Å². The van der Waals surface area contributed by atoms with Crippen LogP contribution in [0.15, 0.2) is 54.6 Å². The standard InChI is InChI=1S/C24H23FN4O2/c25-16-7-5-15(6-8-16)14-29-12-11-21(24(29)31)28-22-13-19(23(30)26-17-9-10-17)18-3-1-2-4-20(18)27-22/h1-8,13,17,21H,9-12,14H2,(H,26,30)(H,27,28). The summed E-state index contributed by atoms with van der Waals surface area (Å²) < 4.78 is 13.1. The molecule has 5 rings (SSSR count). The Bertz CT molecular complexity index is 1140. The van der Waals surface area contributed by atoms with Gasteiger partial charge in [-0.1, -0.05) is 30.3 Å². The average molecular weight is 418 g/mol. The molecule has 158 valence electrons. The molecule has 2 heterocycles. The maximum atomic E-state index is 13.1. The number of carbonyl (C=O) groups is 2. The maximum absolute atomic E-state index is 13.1. The number of aromatic nitrogens is 1. The monoisotopic (exact) mass is 418 g/mol. The molecule has 1 saturated carbocycles. The van der Waals surface area contributed by atoms with E-state index in [-0.39, 0.29) is 23.7 Å². The van der Waals surface area contributed by atoms with Gasteiger partial charge in [-0.2, -0.15) is 0 Å². The third-order valence-corrected chi connectivity index (χ3v) is 5.78. The summed E-state index contributed by atoms with van der Waals surface area (Å²) in [6.07, 6.45) is 2.67. The van der Waals surface area contributed by atoms with E-state index in [2.05, 4.69) is 15.6 Å². The summed E-state index contributed by atoms with van der Waals surface area (Å²) in [5.74, 6) is 0.0877. The fraction of sp³-hybridized carbons (Fsp3) is 0.292. The normalized spacial score (nSPS) is 18.4. The molecule has 0 radical (unpaired) electrons. The van der Waals surface area contributed by atoms with E-state index < -0.39 is 6.04 Å². The van der Waals surface area contributed by atoms with Gasteiger partial charge in [0.05, 0.1) is 11.1 Å². The highest BCUT2D eigenvalue weighted by atomic mass is 19.1. The molecule has 31 heavy (non-hydrogen) atoms. The number of fused-ring (bicyclic) bond motifs is 1. The van der Waals surface area contributed by atoms with Crippen molar-refractivity contribution >= 4 is 28.5 Å². The van der Waals surface area contributed by atoms with Crippen molar-refractivity contribution in [1.29, 1.82) is 0 Å². The first kappa shape index (κ1) is 19.5. The number of pyridine rings is 1. The number of rotatable bonds is 6. The van der Waals surface area contributed by atoms with E-state index >= 15 is 0 Å². The van der Waals surface area contributed by atoms with E-state index in [1.54, 1.807) is 23.1 Å². The molecule has 1 unspecified atom stereocenters. The molecular formula is C24H23FN4O2. The Morgan fingerprint density at radius 3 is 2.65 bits per heavy atom. The summed E-state index contributed by atoms with van der Waals surface area (Å²) >= 11 is 0. The molecule has 1 aliphatic carbocycles. The molecule has 0 bridgehead atoms. The highest BCUT2D eigenvalue weighted by Crippen LogP contribution is 2.25. The highest BCUT2D eigenvalue weighted by Gasteiger charge is 2.32. The van der Waals surface area contributed by atoms with Gasteiger partial charge < -0.3 is 15.5 Å². The van der Waals surface area contributed by atoms with E-state index in [9.17, 15) is 14.0 Å². The third-order valence-electron chi connectivity index (χ3n) is 5.78. The number of nitrogens with one attached hydrogen (secondary N) is 2. The van der Waals surface area contributed by atoms with Crippen molar-refractivity contribution in [3.8, 4) is 0 Å². The zero-order chi connectivity index (χ0) is 21.4. The van der Waals surface area contributed by atoms with Crippen molar-refractivity contribution in [2.45, 2.75) is 37.9 Å². The summed E-state index contributed by atoms with van der Waals surface area (Å²) in [6.45, 7) is 1.05. The number of nitrogens with zero attached hydrogens (tertiary/aromatic N) is 2. The molecule has 0 spiro atoms. The summed E-state index contributed by atoms with van der Waals surface area (Å²) in [6, 6.07) is 15.3. The zero-order valence-electron chi connectivity index (χ0n) is 17.0. The number of para-hydroxylation sites is 1. The molecule has 1 saturated heterocycles. The van der Waals surface area contributed by atoms with E-state index in [0.29, 0.717) is 36.4 Å². The van der Waals surface area contributed by atoms with Crippen LogP contribution in [0.3, 0.4) is 0 Å². The molecular weight excluding hydrogens is 395 g/mol. The highest BCUT2D eigenvalue weighted by molar-refractivity contribution is 6.07. The molecule has 2 aliphatic rings. The number of hydrogen-bond donors (Lipinski definition) is 2. The smallest absolute Gasteiger partial charge is 0.252 e. The summed E-state index contributed by atoms with van der Waals surface area (Å²) in [4.78, 5) is 32.1.